The second-order valence-electron chi connectivity index (χ2n) is 2.39. The minimum Gasteiger partial charge on any atom is -0.333 e. The summed E-state index contributed by atoms with van der Waals surface area (Å²) in [5.74, 6) is 0.167. The molecule has 0 aromatic carbocycles. The summed E-state index contributed by atoms with van der Waals surface area (Å²) < 4.78 is 0. The minimum absolute atomic E-state index is 0.167. The van der Waals surface area contributed by atoms with E-state index in [2.05, 4.69) is 30.0 Å². The Morgan fingerprint density at radius 3 is 1.62 bits per heavy atom. The Balaban J connectivity index is 0. The van der Waals surface area contributed by atoms with E-state index in [-0.39, 0.29) is 5.78 Å². The standard InChI is InChI=1S/C7H8.C3H6O.CH5N/c1-2-4-6-7-5-3-1;1-3(2)4;1-2/h1-6H,7H2;1-2H3;2H2,1H3. The normalized spacial score (nSPS) is 11.7. The molecule has 0 heterocycles. The first kappa shape index (κ1) is 14.4. The zero-order valence-corrected chi connectivity index (χ0v) is 8.66. The molecule has 0 bridgehead atoms. The lowest BCUT2D eigenvalue weighted by molar-refractivity contribution is -0.114. The number of allylic oxidation sites excluding steroid dienone is 6. The molecule has 0 amide bonds. The highest BCUT2D eigenvalue weighted by molar-refractivity contribution is 5.72. The quantitative estimate of drug-likeness (QED) is 0.622. The molecule has 2 nitrogen and oxygen atoms in total. The fourth-order valence-corrected chi connectivity index (χ4v) is 0.521. The van der Waals surface area contributed by atoms with Crippen LogP contribution < -0.4 is 5.73 Å². The average molecular weight is 181 g/mol. The van der Waals surface area contributed by atoms with Gasteiger partial charge in [-0.2, -0.15) is 0 Å². The van der Waals surface area contributed by atoms with Crippen molar-refractivity contribution in [2.75, 3.05) is 7.05 Å². The molecule has 13 heavy (non-hydrogen) atoms. The maximum Gasteiger partial charge on any atom is 0.126 e. The van der Waals surface area contributed by atoms with E-state index in [9.17, 15) is 4.79 Å². The van der Waals surface area contributed by atoms with Crippen molar-refractivity contribution in [1.82, 2.24) is 0 Å². The summed E-state index contributed by atoms with van der Waals surface area (Å²) in [5, 5.41) is 0. The van der Waals surface area contributed by atoms with E-state index in [0.29, 0.717) is 0 Å². The minimum atomic E-state index is 0.167. The third kappa shape index (κ3) is 24.8. The van der Waals surface area contributed by atoms with Crippen molar-refractivity contribution in [2.24, 2.45) is 5.73 Å². The summed E-state index contributed by atoms with van der Waals surface area (Å²) in [6.07, 6.45) is 13.5. The highest BCUT2D eigenvalue weighted by Crippen LogP contribution is 1.91. The van der Waals surface area contributed by atoms with E-state index in [4.69, 9.17) is 0 Å². The molecule has 0 aromatic rings. The van der Waals surface area contributed by atoms with E-state index < -0.39 is 0 Å². The smallest absolute Gasteiger partial charge is 0.126 e. The molecule has 1 aliphatic carbocycles. The van der Waals surface area contributed by atoms with Crippen molar-refractivity contribution in [2.45, 2.75) is 20.3 Å². The van der Waals surface area contributed by atoms with E-state index >= 15 is 0 Å². The largest absolute Gasteiger partial charge is 0.333 e. The lowest BCUT2D eigenvalue weighted by atomic mass is 10.4. The zero-order chi connectivity index (χ0) is 10.5. The van der Waals surface area contributed by atoms with Gasteiger partial charge in [0.25, 0.3) is 0 Å². The summed E-state index contributed by atoms with van der Waals surface area (Å²) >= 11 is 0. The number of nitrogens with two attached hydrogens (primary N) is 1. The van der Waals surface area contributed by atoms with Crippen molar-refractivity contribution in [3.05, 3.63) is 36.5 Å². The van der Waals surface area contributed by atoms with Crippen molar-refractivity contribution >= 4 is 5.78 Å². The zero-order valence-electron chi connectivity index (χ0n) is 8.66. The van der Waals surface area contributed by atoms with Crippen LogP contribution >= 0.6 is 0 Å². The SMILES string of the molecule is C1=CC=CCC=C1.CC(C)=O.CN. The summed E-state index contributed by atoms with van der Waals surface area (Å²) in [6, 6.07) is 0. The van der Waals surface area contributed by atoms with Crippen molar-refractivity contribution in [3.63, 3.8) is 0 Å². The van der Waals surface area contributed by atoms with Gasteiger partial charge in [0.05, 0.1) is 0 Å². The number of hydrogen-bond acceptors (Lipinski definition) is 2. The van der Waals surface area contributed by atoms with Crippen LogP contribution in [0.2, 0.25) is 0 Å². The Kier molecular flexibility index (Phi) is 14.9. The van der Waals surface area contributed by atoms with Crippen LogP contribution in [-0.2, 0) is 4.79 Å². The van der Waals surface area contributed by atoms with Crippen molar-refractivity contribution in [3.8, 4) is 0 Å². The molecule has 2 N–H and O–H groups in total. The van der Waals surface area contributed by atoms with Gasteiger partial charge in [-0.3, -0.25) is 0 Å². The third-order valence-electron chi connectivity index (χ3n) is 0.878. The number of Topliss-reactive ketones (excluding diaryl/α,β-unsaturated/α-hetero) is 1. The van der Waals surface area contributed by atoms with E-state index in [1.807, 2.05) is 12.2 Å². The van der Waals surface area contributed by atoms with Gasteiger partial charge in [0.15, 0.2) is 0 Å². The topological polar surface area (TPSA) is 43.1 Å². The van der Waals surface area contributed by atoms with Gasteiger partial charge in [-0.15, -0.1) is 0 Å². The number of hydrogen-bond donors (Lipinski definition) is 1. The maximum atomic E-state index is 9.44. The Bertz CT molecular complexity index is 172. The molecule has 0 aromatic heterocycles. The van der Waals surface area contributed by atoms with Crippen LogP contribution in [0.3, 0.4) is 0 Å². The van der Waals surface area contributed by atoms with Gasteiger partial charge >= 0.3 is 0 Å². The highest BCUT2D eigenvalue weighted by Gasteiger charge is 1.70. The van der Waals surface area contributed by atoms with Crippen LogP contribution in [0.4, 0.5) is 0 Å². The second kappa shape index (κ2) is 13.4. The van der Waals surface area contributed by atoms with Gasteiger partial charge in [-0.25, -0.2) is 0 Å². The first-order chi connectivity index (χ1) is 6.23. The fraction of sp³-hybridized carbons (Fsp3) is 0.364. The molecule has 0 unspecified atom stereocenters. The van der Waals surface area contributed by atoms with Crippen LogP contribution in [0.1, 0.15) is 20.3 Å². The number of carbonyl (C=O) groups excluding carboxylic acids is 1. The number of carbonyl (C=O) groups is 1. The van der Waals surface area contributed by atoms with Crippen LogP contribution in [-0.4, -0.2) is 12.8 Å². The lowest BCUT2D eigenvalue weighted by Gasteiger charge is -1.69. The van der Waals surface area contributed by atoms with Crippen LogP contribution in [0, 0.1) is 0 Å². The first-order valence-electron chi connectivity index (χ1n) is 4.26. The molecule has 0 atom stereocenters. The lowest BCUT2D eigenvalue weighted by Crippen LogP contribution is -1.69. The van der Waals surface area contributed by atoms with Crippen LogP contribution in [0.25, 0.3) is 0 Å². The number of ketones is 1. The summed E-state index contributed by atoms with van der Waals surface area (Å²) in [7, 11) is 1.50. The Labute approximate surface area is 80.8 Å². The molecule has 0 spiro atoms. The summed E-state index contributed by atoms with van der Waals surface area (Å²) in [4.78, 5) is 9.44. The molecular weight excluding hydrogens is 162 g/mol. The van der Waals surface area contributed by atoms with Gasteiger partial charge in [0.2, 0.25) is 0 Å². The van der Waals surface area contributed by atoms with Crippen molar-refractivity contribution < 1.29 is 4.79 Å². The van der Waals surface area contributed by atoms with Gasteiger partial charge in [-0.1, -0.05) is 36.5 Å². The van der Waals surface area contributed by atoms with Gasteiger partial charge in [0, 0.05) is 0 Å². The van der Waals surface area contributed by atoms with Gasteiger partial charge in [0.1, 0.15) is 5.78 Å². The fourth-order valence-electron chi connectivity index (χ4n) is 0.521. The molecule has 0 aliphatic heterocycles. The Morgan fingerprint density at radius 1 is 1.00 bits per heavy atom. The second-order valence-corrected chi connectivity index (χ2v) is 2.39. The monoisotopic (exact) mass is 181 g/mol. The molecular formula is C11H19NO. The molecule has 1 aliphatic rings. The number of rotatable bonds is 0. The van der Waals surface area contributed by atoms with E-state index in [1.54, 1.807) is 0 Å². The highest BCUT2D eigenvalue weighted by atomic mass is 16.1. The maximum absolute atomic E-state index is 9.44. The predicted octanol–water partition coefficient (Wildman–Crippen LogP) is 2.23. The molecule has 0 fully saturated rings. The molecule has 2 heteroatoms. The van der Waals surface area contributed by atoms with Crippen LogP contribution in [0.5, 0.6) is 0 Å². The molecule has 0 saturated heterocycles. The average Bonchev–Trinajstić information content (AvgIpc) is 2.37. The molecule has 0 radical (unpaired) electrons. The van der Waals surface area contributed by atoms with Crippen molar-refractivity contribution in [1.29, 1.82) is 0 Å². The predicted molar refractivity (Wildman–Crippen MR) is 58.5 cm³/mol. The van der Waals surface area contributed by atoms with Gasteiger partial charge < -0.3 is 10.5 Å². The molecule has 1 rings (SSSR count). The summed E-state index contributed by atoms with van der Waals surface area (Å²) in [6.45, 7) is 3.06. The van der Waals surface area contributed by atoms with Gasteiger partial charge in [-0.05, 0) is 27.3 Å². The molecule has 74 valence electrons. The Morgan fingerprint density at radius 2 is 1.31 bits per heavy atom. The van der Waals surface area contributed by atoms with Crippen LogP contribution in [0.15, 0.2) is 36.5 Å². The Hall–Kier alpha value is -1.15. The van der Waals surface area contributed by atoms with E-state index in [1.165, 1.54) is 20.9 Å². The first-order valence-corrected chi connectivity index (χ1v) is 4.26. The summed E-state index contributed by atoms with van der Waals surface area (Å²) in [5.41, 5.74) is 4.50. The van der Waals surface area contributed by atoms with E-state index in [0.717, 1.165) is 6.42 Å². The molecule has 0 saturated carbocycles. The third-order valence-corrected chi connectivity index (χ3v) is 0.878.